The number of ether oxygens (including phenoxy) is 1. The van der Waals surface area contributed by atoms with Crippen LogP contribution in [0.4, 0.5) is 0 Å². The third kappa shape index (κ3) is 5.65. The summed E-state index contributed by atoms with van der Waals surface area (Å²) in [7, 11) is 1.41. The number of esters is 1. The van der Waals surface area contributed by atoms with Crippen LogP contribution in [-0.4, -0.2) is 24.6 Å². The number of methoxy groups -OCH3 is 1. The van der Waals surface area contributed by atoms with Gasteiger partial charge in [0.1, 0.15) is 5.78 Å². The maximum absolute atomic E-state index is 12.8. The summed E-state index contributed by atoms with van der Waals surface area (Å²) in [5, 5.41) is 2.01. The Morgan fingerprint density at radius 2 is 1.80 bits per heavy atom. The first-order valence-electron chi connectivity index (χ1n) is 10.9. The minimum Gasteiger partial charge on any atom is -0.469 e. The topological polar surface area (TPSA) is 60.4 Å². The average molecular weight is 407 g/mol. The molecule has 0 radical (unpaired) electrons. The number of hydrogen-bond donors (Lipinski definition) is 0. The van der Waals surface area contributed by atoms with Crippen LogP contribution in [0, 0.1) is 11.8 Å². The van der Waals surface area contributed by atoms with Gasteiger partial charge in [0.05, 0.1) is 7.11 Å². The molecule has 2 aromatic rings. The van der Waals surface area contributed by atoms with E-state index in [1.54, 1.807) is 6.08 Å². The van der Waals surface area contributed by atoms with Crippen LogP contribution in [0.2, 0.25) is 0 Å². The van der Waals surface area contributed by atoms with Gasteiger partial charge in [-0.1, -0.05) is 67.8 Å². The summed E-state index contributed by atoms with van der Waals surface area (Å²) in [6, 6.07) is 13.7. The van der Waals surface area contributed by atoms with Gasteiger partial charge in [-0.3, -0.25) is 14.4 Å². The van der Waals surface area contributed by atoms with Crippen LogP contribution >= 0.6 is 0 Å². The second kappa shape index (κ2) is 10.9. The molecule has 1 aliphatic carbocycles. The quantitative estimate of drug-likeness (QED) is 0.220. The Bertz CT molecular complexity index is 922. The molecule has 0 N–H and O–H groups in total. The molecule has 4 heteroatoms. The van der Waals surface area contributed by atoms with Crippen molar-refractivity contribution < 1.29 is 19.1 Å². The van der Waals surface area contributed by atoms with Crippen molar-refractivity contribution in [1.29, 1.82) is 0 Å². The summed E-state index contributed by atoms with van der Waals surface area (Å²) in [6.45, 7) is 0. The first kappa shape index (κ1) is 21.9. The van der Waals surface area contributed by atoms with Gasteiger partial charge in [-0.2, -0.15) is 0 Å². The summed E-state index contributed by atoms with van der Waals surface area (Å²) in [4.78, 5) is 36.3. The highest BCUT2D eigenvalue weighted by Crippen LogP contribution is 2.34. The highest BCUT2D eigenvalue weighted by atomic mass is 16.5. The molecule has 0 spiro atoms. The minimum absolute atomic E-state index is 0.00675. The largest absolute Gasteiger partial charge is 0.469 e. The first-order chi connectivity index (χ1) is 14.6. The van der Waals surface area contributed by atoms with Crippen LogP contribution in [0.1, 0.15) is 61.7 Å². The summed E-state index contributed by atoms with van der Waals surface area (Å²) in [5.41, 5.74) is 0.704. The van der Waals surface area contributed by atoms with Crippen molar-refractivity contribution in [2.75, 3.05) is 7.11 Å². The lowest BCUT2D eigenvalue weighted by molar-refractivity contribution is -0.140. The molecule has 2 atom stereocenters. The number of carbonyl (C=O) groups is 3. The van der Waals surface area contributed by atoms with E-state index in [9.17, 15) is 14.4 Å². The van der Waals surface area contributed by atoms with Gasteiger partial charge in [0.25, 0.3) is 0 Å². The predicted octanol–water partition coefficient (Wildman–Crippen LogP) is 5.69. The van der Waals surface area contributed by atoms with Gasteiger partial charge in [0.2, 0.25) is 0 Å². The van der Waals surface area contributed by atoms with E-state index in [-0.39, 0.29) is 23.6 Å². The van der Waals surface area contributed by atoms with E-state index < -0.39 is 0 Å². The number of benzene rings is 2. The summed E-state index contributed by atoms with van der Waals surface area (Å²) in [5.74, 6) is 0.306. The standard InChI is InChI=1S/C26H30O4/c1-30-26(29)14-5-3-2-4-12-22-20(15-17-24(22)27)16-18-25(28)23-13-8-10-19-9-6-7-11-21(19)23/h6-11,13,16,18,20,22H,2-5,12,14-15,17H2,1H3/t20-,22-/m0/s1. The fourth-order valence-corrected chi connectivity index (χ4v) is 4.37. The van der Waals surface area contributed by atoms with Gasteiger partial charge in [-0.15, -0.1) is 0 Å². The Kier molecular flexibility index (Phi) is 7.95. The number of carbonyl (C=O) groups excluding carboxylic acids is 3. The van der Waals surface area contributed by atoms with Crippen molar-refractivity contribution in [3.8, 4) is 0 Å². The number of unbranched alkanes of at least 4 members (excludes halogenated alkanes) is 3. The van der Waals surface area contributed by atoms with Crippen molar-refractivity contribution >= 4 is 28.3 Å². The predicted molar refractivity (Wildman–Crippen MR) is 118 cm³/mol. The van der Waals surface area contributed by atoms with Crippen molar-refractivity contribution in [1.82, 2.24) is 0 Å². The molecule has 0 aliphatic heterocycles. The average Bonchev–Trinajstić information content (AvgIpc) is 3.13. The lowest BCUT2D eigenvalue weighted by Gasteiger charge is -2.14. The summed E-state index contributed by atoms with van der Waals surface area (Å²) < 4.78 is 4.65. The van der Waals surface area contributed by atoms with E-state index in [1.807, 2.05) is 48.5 Å². The molecule has 1 aliphatic rings. The zero-order valence-electron chi connectivity index (χ0n) is 17.6. The Balaban J connectivity index is 1.54. The van der Waals surface area contributed by atoms with E-state index >= 15 is 0 Å². The van der Waals surface area contributed by atoms with Gasteiger partial charge in [0, 0.05) is 24.3 Å². The number of fused-ring (bicyclic) bond motifs is 1. The second-order valence-corrected chi connectivity index (χ2v) is 8.05. The lowest BCUT2D eigenvalue weighted by atomic mass is 9.89. The van der Waals surface area contributed by atoms with Crippen LogP contribution in [0.3, 0.4) is 0 Å². The molecule has 2 aromatic carbocycles. The number of rotatable bonds is 10. The number of ketones is 2. The van der Waals surface area contributed by atoms with Gasteiger partial charge in [-0.25, -0.2) is 0 Å². The van der Waals surface area contributed by atoms with E-state index in [4.69, 9.17) is 0 Å². The van der Waals surface area contributed by atoms with Gasteiger partial charge >= 0.3 is 5.97 Å². The number of hydrogen-bond acceptors (Lipinski definition) is 4. The van der Waals surface area contributed by atoms with Gasteiger partial charge < -0.3 is 4.74 Å². The summed E-state index contributed by atoms with van der Waals surface area (Å²) >= 11 is 0. The van der Waals surface area contributed by atoms with E-state index in [0.29, 0.717) is 24.2 Å². The number of allylic oxidation sites excluding steroid dienone is 2. The second-order valence-electron chi connectivity index (χ2n) is 8.05. The lowest BCUT2D eigenvalue weighted by Crippen LogP contribution is -2.13. The van der Waals surface area contributed by atoms with Gasteiger partial charge in [0.15, 0.2) is 5.78 Å². The van der Waals surface area contributed by atoms with Crippen molar-refractivity contribution in [2.45, 2.75) is 51.4 Å². The Morgan fingerprint density at radius 3 is 2.63 bits per heavy atom. The first-order valence-corrected chi connectivity index (χ1v) is 10.9. The van der Waals surface area contributed by atoms with Crippen LogP contribution in [-0.2, 0) is 14.3 Å². The molecular weight excluding hydrogens is 376 g/mol. The molecule has 3 rings (SSSR count). The molecule has 1 saturated carbocycles. The van der Waals surface area contributed by atoms with Gasteiger partial charge in [-0.05, 0) is 42.0 Å². The van der Waals surface area contributed by atoms with E-state index in [1.165, 1.54) is 7.11 Å². The smallest absolute Gasteiger partial charge is 0.305 e. The summed E-state index contributed by atoms with van der Waals surface area (Å²) in [6.07, 6.45) is 10.1. The Morgan fingerprint density at radius 1 is 1.03 bits per heavy atom. The molecule has 0 aromatic heterocycles. The molecular formula is C26H30O4. The van der Waals surface area contributed by atoms with E-state index in [2.05, 4.69) is 4.74 Å². The monoisotopic (exact) mass is 406 g/mol. The van der Waals surface area contributed by atoms with Crippen LogP contribution in [0.15, 0.2) is 54.6 Å². The zero-order chi connectivity index (χ0) is 21.3. The Hall–Kier alpha value is -2.75. The fraction of sp³-hybridized carbons (Fsp3) is 0.423. The van der Waals surface area contributed by atoms with Crippen molar-refractivity contribution in [2.24, 2.45) is 11.8 Å². The molecule has 1 fully saturated rings. The van der Waals surface area contributed by atoms with E-state index in [0.717, 1.165) is 49.3 Å². The fourth-order valence-electron chi connectivity index (χ4n) is 4.37. The maximum atomic E-state index is 12.8. The Labute approximate surface area is 178 Å². The van der Waals surface area contributed by atoms with Crippen LogP contribution < -0.4 is 0 Å². The highest BCUT2D eigenvalue weighted by Gasteiger charge is 2.32. The van der Waals surface area contributed by atoms with Crippen LogP contribution in [0.25, 0.3) is 10.8 Å². The molecule has 0 saturated heterocycles. The zero-order valence-corrected chi connectivity index (χ0v) is 17.6. The number of Topliss-reactive ketones (excluding diaryl/α,β-unsaturated/α-hetero) is 1. The SMILES string of the molecule is COC(=O)CCCCCC[C@@H]1C(=O)CC[C@H]1C=CC(=O)c1cccc2ccccc12. The maximum Gasteiger partial charge on any atom is 0.305 e. The third-order valence-electron chi connectivity index (χ3n) is 6.08. The molecule has 0 unspecified atom stereocenters. The molecule has 4 nitrogen and oxygen atoms in total. The normalized spacial score (nSPS) is 18.9. The molecule has 30 heavy (non-hydrogen) atoms. The molecule has 0 amide bonds. The third-order valence-corrected chi connectivity index (χ3v) is 6.08. The molecule has 0 heterocycles. The molecule has 158 valence electrons. The minimum atomic E-state index is -0.165. The molecule has 0 bridgehead atoms. The van der Waals surface area contributed by atoms with Crippen molar-refractivity contribution in [3.63, 3.8) is 0 Å². The highest BCUT2D eigenvalue weighted by molar-refractivity contribution is 6.13. The van der Waals surface area contributed by atoms with Crippen molar-refractivity contribution in [3.05, 3.63) is 60.2 Å². The van der Waals surface area contributed by atoms with Crippen LogP contribution in [0.5, 0.6) is 0 Å².